The van der Waals surface area contributed by atoms with Crippen LogP contribution in [-0.2, 0) is 11.2 Å². The molecule has 2 rings (SSSR count). The van der Waals surface area contributed by atoms with Gasteiger partial charge in [-0.1, -0.05) is 43.4 Å². The Hall–Kier alpha value is -3.10. The third-order valence-electron chi connectivity index (χ3n) is 5.39. The predicted octanol–water partition coefficient (Wildman–Crippen LogP) is 7.37. The fraction of sp³-hybridized carbons (Fsp3) is 0.429. The minimum atomic E-state index is -1.16. The Morgan fingerprint density at radius 1 is 1.06 bits per heavy atom. The number of allylic oxidation sites excluding steroid dienone is 2. The van der Waals surface area contributed by atoms with Crippen LogP contribution in [0.2, 0.25) is 25.7 Å². The zero-order valence-electron chi connectivity index (χ0n) is 22.6. The SMILES string of the molecule is CCOc1cc(OCOCC[Si](C)(C)C)cc(C=Cc2ccc([N+](=O)[O-])c(OC)c2)c1CC=C(C)C. The lowest BCUT2D eigenvalue weighted by molar-refractivity contribution is -0.385. The fourth-order valence-electron chi connectivity index (χ4n) is 3.36. The molecule has 0 spiro atoms. The zero-order chi connectivity index (χ0) is 26.7. The summed E-state index contributed by atoms with van der Waals surface area (Å²) in [5.41, 5.74) is 3.90. The molecule has 0 aliphatic heterocycles. The summed E-state index contributed by atoms with van der Waals surface area (Å²) in [5, 5.41) is 11.2. The topological polar surface area (TPSA) is 80.1 Å². The molecule has 0 amide bonds. The highest BCUT2D eigenvalue weighted by molar-refractivity contribution is 6.76. The van der Waals surface area contributed by atoms with E-state index in [-0.39, 0.29) is 18.2 Å². The minimum absolute atomic E-state index is 0.0675. The third kappa shape index (κ3) is 9.51. The van der Waals surface area contributed by atoms with Crippen molar-refractivity contribution in [3.8, 4) is 17.2 Å². The molecular formula is C28H39NO6Si. The number of hydrogen-bond donors (Lipinski definition) is 0. The van der Waals surface area contributed by atoms with Gasteiger partial charge < -0.3 is 18.9 Å². The van der Waals surface area contributed by atoms with Gasteiger partial charge in [-0.15, -0.1) is 0 Å². The Bertz CT molecular complexity index is 1080. The van der Waals surface area contributed by atoms with Crippen LogP contribution in [0.5, 0.6) is 17.2 Å². The van der Waals surface area contributed by atoms with Crippen LogP contribution in [-0.4, -0.2) is 40.1 Å². The summed E-state index contributed by atoms with van der Waals surface area (Å²) >= 11 is 0. The van der Waals surface area contributed by atoms with E-state index in [2.05, 4.69) is 39.6 Å². The second-order valence-electron chi connectivity index (χ2n) is 9.91. The van der Waals surface area contributed by atoms with Crippen molar-refractivity contribution < 1.29 is 23.9 Å². The molecule has 196 valence electrons. The number of nitro benzene ring substituents is 1. The summed E-state index contributed by atoms with van der Waals surface area (Å²) in [5.74, 6) is 1.64. The van der Waals surface area contributed by atoms with E-state index in [1.165, 1.54) is 18.7 Å². The third-order valence-corrected chi connectivity index (χ3v) is 7.10. The average molecular weight is 514 g/mol. The van der Waals surface area contributed by atoms with Gasteiger partial charge >= 0.3 is 5.69 Å². The molecule has 0 N–H and O–H groups in total. The predicted molar refractivity (Wildman–Crippen MR) is 149 cm³/mol. The monoisotopic (exact) mass is 513 g/mol. The van der Waals surface area contributed by atoms with Crippen LogP contribution < -0.4 is 14.2 Å². The first-order valence-electron chi connectivity index (χ1n) is 12.2. The molecule has 7 nitrogen and oxygen atoms in total. The van der Waals surface area contributed by atoms with E-state index < -0.39 is 13.0 Å². The molecule has 0 aromatic heterocycles. The first kappa shape index (κ1) is 29.1. The van der Waals surface area contributed by atoms with Crippen molar-refractivity contribution in [3.05, 3.63) is 68.8 Å². The summed E-state index contributed by atoms with van der Waals surface area (Å²) in [6.45, 7) is 14.4. The summed E-state index contributed by atoms with van der Waals surface area (Å²) in [4.78, 5) is 10.8. The molecule has 0 heterocycles. The van der Waals surface area contributed by atoms with E-state index in [1.807, 2.05) is 31.2 Å². The van der Waals surface area contributed by atoms with Gasteiger partial charge in [0.2, 0.25) is 0 Å². The van der Waals surface area contributed by atoms with E-state index in [1.54, 1.807) is 12.1 Å². The Kier molecular flexibility index (Phi) is 11.2. The Morgan fingerprint density at radius 2 is 1.81 bits per heavy atom. The molecule has 0 atom stereocenters. The van der Waals surface area contributed by atoms with Gasteiger partial charge in [0.15, 0.2) is 12.5 Å². The number of nitro groups is 1. The van der Waals surface area contributed by atoms with E-state index in [4.69, 9.17) is 18.9 Å². The van der Waals surface area contributed by atoms with E-state index in [0.29, 0.717) is 25.4 Å². The summed E-state index contributed by atoms with van der Waals surface area (Å²) in [6, 6.07) is 9.76. The number of hydrogen-bond acceptors (Lipinski definition) is 6. The molecule has 0 fully saturated rings. The molecule has 2 aromatic carbocycles. The van der Waals surface area contributed by atoms with Crippen LogP contribution in [0.15, 0.2) is 42.0 Å². The molecule has 36 heavy (non-hydrogen) atoms. The van der Waals surface area contributed by atoms with E-state index >= 15 is 0 Å². The second kappa shape index (κ2) is 13.8. The second-order valence-corrected chi connectivity index (χ2v) is 15.5. The van der Waals surface area contributed by atoms with Crippen molar-refractivity contribution in [2.45, 2.75) is 52.9 Å². The Labute approximate surface area is 215 Å². The van der Waals surface area contributed by atoms with Gasteiger partial charge in [-0.2, -0.15) is 0 Å². The van der Waals surface area contributed by atoms with E-state index in [9.17, 15) is 10.1 Å². The van der Waals surface area contributed by atoms with Crippen molar-refractivity contribution in [2.24, 2.45) is 0 Å². The normalized spacial score (nSPS) is 11.4. The standard InChI is InChI=1S/C28H39NO6Si/c1-8-34-27-19-24(35-20-33-15-16-36(5,6)7)18-23(25(27)13-9-21(2)3)12-10-22-11-14-26(29(30)31)28(17-22)32-4/h9-12,14,17-19H,8,13,15-16,20H2,1-7H3. The maximum Gasteiger partial charge on any atom is 0.310 e. The van der Waals surface area contributed by atoms with E-state index in [0.717, 1.165) is 28.5 Å². The highest BCUT2D eigenvalue weighted by atomic mass is 28.3. The van der Waals surface area contributed by atoms with Crippen LogP contribution in [0.3, 0.4) is 0 Å². The molecule has 8 heteroatoms. The van der Waals surface area contributed by atoms with Crippen molar-refractivity contribution in [1.29, 1.82) is 0 Å². The van der Waals surface area contributed by atoms with Gasteiger partial charge in [-0.25, -0.2) is 0 Å². The minimum Gasteiger partial charge on any atom is -0.493 e. The van der Waals surface area contributed by atoms with Crippen molar-refractivity contribution >= 4 is 25.9 Å². The summed E-state index contributed by atoms with van der Waals surface area (Å²) < 4.78 is 22.8. The van der Waals surface area contributed by atoms with Gasteiger partial charge in [0.1, 0.15) is 11.5 Å². The number of nitrogens with zero attached hydrogens (tertiary/aromatic N) is 1. The van der Waals surface area contributed by atoms with Crippen LogP contribution in [0.1, 0.15) is 37.5 Å². The summed E-state index contributed by atoms with van der Waals surface area (Å²) in [6.07, 6.45) is 6.73. The number of methoxy groups -OCH3 is 1. The maximum atomic E-state index is 11.2. The fourth-order valence-corrected chi connectivity index (χ4v) is 4.12. The van der Waals surface area contributed by atoms with Crippen LogP contribution in [0.25, 0.3) is 12.2 Å². The van der Waals surface area contributed by atoms with Crippen molar-refractivity contribution in [1.82, 2.24) is 0 Å². The van der Waals surface area contributed by atoms with Crippen molar-refractivity contribution in [3.63, 3.8) is 0 Å². The van der Waals surface area contributed by atoms with Gasteiger partial charge in [0, 0.05) is 32.4 Å². The molecule has 0 unspecified atom stereocenters. The van der Waals surface area contributed by atoms with Gasteiger partial charge in [0.25, 0.3) is 0 Å². The molecule has 0 radical (unpaired) electrons. The lowest BCUT2D eigenvalue weighted by Gasteiger charge is -2.17. The molecule has 0 aliphatic carbocycles. The lowest BCUT2D eigenvalue weighted by atomic mass is 10.00. The lowest BCUT2D eigenvalue weighted by Crippen LogP contribution is -2.22. The number of rotatable bonds is 14. The first-order valence-corrected chi connectivity index (χ1v) is 15.9. The van der Waals surface area contributed by atoms with Crippen LogP contribution >= 0.6 is 0 Å². The van der Waals surface area contributed by atoms with Gasteiger partial charge in [-0.3, -0.25) is 10.1 Å². The first-order chi connectivity index (χ1) is 17.0. The highest BCUT2D eigenvalue weighted by Gasteiger charge is 2.15. The average Bonchev–Trinajstić information content (AvgIpc) is 2.80. The largest absolute Gasteiger partial charge is 0.493 e. The Balaban J connectivity index is 2.38. The highest BCUT2D eigenvalue weighted by Crippen LogP contribution is 2.33. The smallest absolute Gasteiger partial charge is 0.310 e. The molecule has 0 saturated heterocycles. The molecule has 0 aliphatic rings. The zero-order valence-corrected chi connectivity index (χ0v) is 23.6. The van der Waals surface area contributed by atoms with Crippen molar-refractivity contribution in [2.75, 3.05) is 27.1 Å². The number of ether oxygens (including phenoxy) is 4. The molecule has 0 bridgehead atoms. The van der Waals surface area contributed by atoms with Gasteiger partial charge in [-0.05, 0) is 62.6 Å². The van der Waals surface area contributed by atoms with Crippen LogP contribution in [0, 0.1) is 10.1 Å². The molecular weight excluding hydrogens is 474 g/mol. The van der Waals surface area contributed by atoms with Gasteiger partial charge in [0.05, 0.1) is 18.6 Å². The Morgan fingerprint density at radius 3 is 2.42 bits per heavy atom. The maximum absolute atomic E-state index is 11.2. The quantitative estimate of drug-likeness (QED) is 0.0499. The molecule has 0 saturated carbocycles. The molecule has 2 aromatic rings. The number of benzene rings is 2. The summed E-state index contributed by atoms with van der Waals surface area (Å²) in [7, 11) is 0.263. The van der Waals surface area contributed by atoms with Crippen LogP contribution in [0.4, 0.5) is 5.69 Å².